The maximum absolute atomic E-state index is 12.3. The quantitative estimate of drug-likeness (QED) is 0.749. The van der Waals surface area contributed by atoms with Crippen molar-refractivity contribution in [3.05, 3.63) is 80.2 Å². The number of nitrogens with zero attached hydrogens (tertiary/aromatic N) is 1. The molecule has 138 valence electrons. The third-order valence-electron chi connectivity index (χ3n) is 4.99. The number of rotatable bonds is 6. The first-order valence-electron chi connectivity index (χ1n) is 9.38. The Morgan fingerprint density at radius 3 is 2.92 bits per heavy atom. The summed E-state index contributed by atoms with van der Waals surface area (Å²) in [5.74, 6) is 0. The molecule has 4 heteroatoms. The van der Waals surface area contributed by atoms with E-state index < -0.39 is 0 Å². The van der Waals surface area contributed by atoms with E-state index in [1.54, 1.807) is 6.07 Å². The number of fused-ring (bicyclic) bond motifs is 1. The Bertz CT molecular complexity index is 849. The molecular weight excluding hydrogens is 344 g/mol. The Labute approximate surface area is 160 Å². The van der Waals surface area contributed by atoms with Crippen molar-refractivity contribution in [3.63, 3.8) is 0 Å². The summed E-state index contributed by atoms with van der Waals surface area (Å²) in [5.41, 5.74) is 5.06. The number of allylic oxidation sites excluding steroid dienone is 2. The Hall–Kier alpha value is -1.84. The summed E-state index contributed by atoms with van der Waals surface area (Å²) in [6.45, 7) is 5.71. The van der Waals surface area contributed by atoms with Gasteiger partial charge in [-0.3, -0.25) is 4.79 Å². The highest BCUT2D eigenvalue weighted by Crippen LogP contribution is 2.28. The monoisotopic (exact) mass is 370 g/mol. The topological polar surface area (TPSA) is 34.0 Å². The molecule has 26 heavy (non-hydrogen) atoms. The minimum Gasteiger partial charge on any atom is -0.310 e. The minimum absolute atomic E-state index is 0.0980. The molecule has 1 atom stereocenters. The lowest BCUT2D eigenvalue weighted by Gasteiger charge is -2.28. The molecule has 1 unspecified atom stereocenters. The normalized spacial score (nSPS) is 16.2. The van der Waals surface area contributed by atoms with Gasteiger partial charge in [0.2, 0.25) is 0 Å². The molecule has 1 aromatic carbocycles. The summed E-state index contributed by atoms with van der Waals surface area (Å²) < 4.78 is 1.94. The SMILES string of the molecule is CC(C)=CCn1c2c(ccc1=O)C(NCCc1cccc(Cl)c1)CCC2. The molecule has 0 saturated heterocycles. The lowest BCUT2D eigenvalue weighted by molar-refractivity contribution is 0.446. The van der Waals surface area contributed by atoms with Gasteiger partial charge in [-0.1, -0.05) is 41.4 Å². The van der Waals surface area contributed by atoms with Gasteiger partial charge in [-0.15, -0.1) is 0 Å². The van der Waals surface area contributed by atoms with E-state index in [1.165, 1.54) is 22.4 Å². The summed E-state index contributed by atoms with van der Waals surface area (Å²) in [6.07, 6.45) is 6.28. The van der Waals surface area contributed by atoms with Gasteiger partial charge in [0.15, 0.2) is 0 Å². The van der Waals surface area contributed by atoms with Crippen molar-refractivity contribution in [1.82, 2.24) is 9.88 Å². The van der Waals surface area contributed by atoms with Crippen molar-refractivity contribution < 1.29 is 0 Å². The fourth-order valence-electron chi connectivity index (χ4n) is 3.63. The van der Waals surface area contributed by atoms with Gasteiger partial charge in [0.1, 0.15) is 0 Å². The summed E-state index contributed by atoms with van der Waals surface area (Å²) >= 11 is 6.07. The standard InChI is InChI=1S/C22H27ClN2O/c1-16(2)12-14-25-21-8-4-7-20(19(21)9-10-22(25)26)24-13-11-17-5-3-6-18(23)15-17/h3,5-6,9-10,12,15,20,24H,4,7-8,11,13-14H2,1-2H3. The van der Waals surface area contributed by atoms with Crippen LogP contribution in [0.5, 0.6) is 0 Å². The molecule has 0 spiro atoms. The van der Waals surface area contributed by atoms with Crippen molar-refractivity contribution in [2.75, 3.05) is 6.54 Å². The number of aromatic nitrogens is 1. The van der Waals surface area contributed by atoms with Crippen LogP contribution in [0.4, 0.5) is 0 Å². The van der Waals surface area contributed by atoms with Gasteiger partial charge in [-0.25, -0.2) is 0 Å². The summed E-state index contributed by atoms with van der Waals surface area (Å²) in [6, 6.07) is 12.1. The first-order chi connectivity index (χ1) is 12.5. The second-order valence-electron chi connectivity index (χ2n) is 7.24. The largest absolute Gasteiger partial charge is 0.310 e. The fraction of sp³-hybridized carbons (Fsp3) is 0.409. The van der Waals surface area contributed by atoms with Crippen LogP contribution >= 0.6 is 11.6 Å². The molecule has 3 nitrogen and oxygen atoms in total. The van der Waals surface area contributed by atoms with Crippen molar-refractivity contribution in [1.29, 1.82) is 0 Å². The molecule has 1 aliphatic rings. The molecule has 1 heterocycles. The lowest BCUT2D eigenvalue weighted by Crippen LogP contribution is -2.32. The van der Waals surface area contributed by atoms with E-state index in [1.807, 2.05) is 28.8 Å². The zero-order chi connectivity index (χ0) is 18.5. The van der Waals surface area contributed by atoms with E-state index in [2.05, 4.69) is 31.3 Å². The minimum atomic E-state index is 0.0980. The summed E-state index contributed by atoms with van der Waals surface area (Å²) in [7, 11) is 0. The highest BCUT2D eigenvalue weighted by atomic mass is 35.5. The molecule has 1 N–H and O–H groups in total. The average Bonchev–Trinajstić information content (AvgIpc) is 2.61. The first-order valence-corrected chi connectivity index (χ1v) is 9.76. The van der Waals surface area contributed by atoms with Crippen molar-refractivity contribution >= 4 is 11.6 Å². The number of halogens is 1. The molecule has 0 bridgehead atoms. The van der Waals surface area contributed by atoms with Crippen LogP contribution in [0.1, 0.15) is 49.6 Å². The number of benzene rings is 1. The van der Waals surface area contributed by atoms with Crippen LogP contribution in [0.25, 0.3) is 0 Å². The van der Waals surface area contributed by atoms with Crippen LogP contribution in [-0.2, 0) is 19.4 Å². The number of pyridine rings is 1. The highest BCUT2D eigenvalue weighted by molar-refractivity contribution is 6.30. The van der Waals surface area contributed by atoms with E-state index in [9.17, 15) is 4.79 Å². The molecule has 3 rings (SSSR count). The van der Waals surface area contributed by atoms with E-state index in [0.29, 0.717) is 12.6 Å². The van der Waals surface area contributed by atoms with Crippen LogP contribution in [0.3, 0.4) is 0 Å². The maximum Gasteiger partial charge on any atom is 0.251 e. The Morgan fingerprint density at radius 1 is 1.31 bits per heavy atom. The smallest absolute Gasteiger partial charge is 0.251 e. The second kappa shape index (κ2) is 8.70. The lowest BCUT2D eigenvalue weighted by atomic mass is 9.90. The molecular formula is C22H27ClN2O. The molecule has 0 amide bonds. The number of hydrogen-bond donors (Lipinski definition) is 1. The van der Waals surface area contributed by atoms with Crippen molar-refractivity contribution in [2.45, 2.75) is 52.1 Å². The molecule has 0 radical (unpaired) electrons. The fourth-order valence-corrected chi connectivity index (χ4v) is 3.84. The van der Waals surface area contributed by atoms with Gasteiger partial charge < -0.3 is 9.88 Å². The van der Waals surface area contributed by atoms with Gasteiger partial charge in [-0.05, 0) is 69.3 Å². The summed E-state index contributed by atoms with van der Waals surface area (Å²) in [4.78, 5) is 12.3. The zero-order valence-corrected chi connectivity index (χ0v) is 16.4. The highest BCUT2D eigenvalue weighted by Gasteiger charge is 2.22. The molecule has 0 aliphatic heterocycles. The van der Waals surface area contributed by atoms with E-state index >= 15 is 0 Å². The van der Waals surface area contributed by atoms with Crippen LogP contribution < -0.4 is 10.9 Å². The Balaban J connectivity index is 1.73. The maximum atomic E-state index is 12.3. The van der Waals surface area contributed by atoms with Crippen LogP contribution in [0.2, 0.25) is 5.02 Å². The number of nitrogens with one attached hydrogen (secondary N) is 1. The predicted octanol–water partition coefficient (Wildman–Crippen LogP) is 4.68. The van der Waals surface area contributed by atoms with E-state index in [0.717, 1.165) is 37.3 Å². The molecule has 1 aromatic heterocycles. The molecule has 2 aromatic rings. The Kier molecular flexibility index (Phi) is 6.33. The van der Waals surface area contributed by atoms with Gasteiger partial charge in [0.05, 0.1) is 0 Å². The third-order valence-corrected chi connectivity index (χ3v) is 5.22. The zero-order valence-electron chi connectivity index (χ0n) is 15.6. The average molecular weight is 371 g/mol. The van der Waals surface area contributed by atoms with Gasteiger partial charge in [0.25, 0.3) is 5.56 Å². The molecule has 0 fully saturated rings. The van der Waals surface area contributed by atoms with Crippen LogP contribution in [0, 0.1) is 0 Å². The second-order valence-corrected chi connectivity index (χ2v) is 7.68. The molecule has 1 aliphatic carbocycles. The van der Waals surface area contributed by atoms with E-state index in [-0.39, 0.29) is 5.56 Å². The number of hydrogen-bond acceptors (Lipinski definition) is 2. The van der Waals surface area contributed by atoms with Crippen LogP contribution in [-0.4, -0.2) is 11.1 Å². The van der Waals surface area contributed by atoms with E-state index in [4.69, 9.17) is 11.6 Å². The van der Waals surface area contributed by atoms with Crippen molar-refractivity contribution in [2.24, 2.45) is 0 Å². The van der Waals surface area contributed by atoms with Gasteiger partial charge >= 0.3 is 0 Å². The third kappa shape index (κ3) is 4.66. The first kappa shape index (κ1) is 18.9. The Morgan fingerprint density at radius 2 is 2.15 bits per heavy atom. The van der Waals surface area contributed by atoms with Gasteiger partial charge in [-0.2, -0.15) is 0 Å². The predicted molar refractivity (Wildman–Crippen MR) is 109 cm³/mol. The molecule has 0 saturated carbocycles. The summed E-state index contributed by atoms with van der Waals surface area (Å²) in [5, 5.41) is 4.47. The van der Waals surface area contributed by atoms with Crippen LogP contribution in [0.15, 0.2) is 52.8 Å². The van der Waals surface area contributed by atoms with Crippen molar-refractivity contribution in [3.8, 4) is 0 Å². The van der Waals surface area contributed by atoms with Gasteiger partial charge in [0, 0.05) is 29.4 Å².